The summed E-state index contributed by atoms with van der Waals surface area (Å²) in [6, 6.07) is 7.42. The van der Waals surface area contributed by atoms with Crippen LogP contribution in [0.4, 0.5) is 0 Å². The lowest BCUT2D eigenvalue weighted by molar-refractivity contribution is 0.103. The zero-order valence-corrected chi connectivity index (χ0v) is 11.8. The Hall–Kier alpha value is -2.10. The van der Waals surface area contributed by atoms with Gasteiger partial charge in [-0.25, -0.2) is 0 Å². The van der Waals surface area contributed by atoms with Gasteiger partial charge < -0.3 is 4.74 Å². The molecule has 0 saturated heterocycles. The molecule has 1 heterocycles. The molecule has 0 unspecified atom stereocenters. The number of carbonyl (C=O) groups excluding carboxylic acids is 1. The molecule has 3 rings (SSSR count). The first kappa shape index (κ1) is 12.9. The molecule has 0 N–H and O–H groups in total. The van der Waals surface area contributed by atoms with E-state index in [-0.39, 0.29) is 5.78 Å². The van der Waals surface area contributed by atoms with Crippen LogP contribution in [0.3, 0.4) is 0 Å². The van der Waals surface area contributed by atoms with E-state index in [0.717, 1.165) is 30.7 Å². The fourth-order valence-corrected chi connectivity index (χ4v) is 2.23. The van der Waals surface area contributed by atoms with E-state index in [1.165, 1.54) is 0 Å². The standard InChI is InChI=1S/C16H18N2O2/c1-3-15-14(10-18(2)17-15)16(19)11-5-4-6-13(9-11)20-12-7-8-12/h4-6,9-10,12H,3,7-8H2,1-2H3. The monoisotopic (exact) mass is 270 g/mol. The fourth-order valence-electron chi connectivity index (χ4n) is 2.23. The molecule has 1 aliphatic rings. The van der Waals surface area contributed by atoms with Gasteiger partial charge in [-0.15, -0.1) is 0 Å². The summed E-state index contributed by atoms with van der Waals surface area (Å²) in [6.07, 6.45) is 5.10. The molecule has 1 aromatic carbocycles. The van der Waals surface area contributed by atoms with Crippen LogP contribution in [0.15, 0.2) is 30.5 Å². The maximum Gasteiger partial charge on any atom is 0.196 e. The van der Waals surface area contributed by atoms with Gasteiger partial charge in [-0.05, 0) is 31.4 Å². The van der Waals surface area contributed by atoms with Crippen LogP contribution in [0.5, 0.6) is 5.75 Å². The molecule has 104 valence electrons. The summed E-state index contributed by atoms with van der Waals surface area (Å²) >= 11 is 0. The summed E-state index contributed by atoms with van der Waals surface area (Å²) in [5, 5.41) is 4.32. The molecule has 1 aromatic heterocycles. The Morgan fingerprint density at radius 2 is 2.25 bits per heavy atom. The van der Waals surface area contributed by atoms with Gasteiger partial charge in [-0.3, -0.25) is 9.48 Å². The van der Waals surface area contributed by atoms with Crippen molar-refractivity contribution in [2.75, 3.05) is 0 Å². The van der Waals surface area contributed by atoms with Gasteiger partial charge in [-0.2, -0.15) is 5.10 Å². The number of nitrogens with zero attached hydrogens (tertiary/aromatic N) is 2. The van der Waals surface area contributed by atoms with Crippen LogP contribution in [-0.2, 0) is 13.5 Å². The first-order chi connectivity index (χ1) is 9.67. The second kappa shape index (κ2) is 5.12. The fraction of sp³-hybridized carbons (Fsp3) is 0.375. The number of benzene rings is 1. The Labute approximate surface area is 118 Å². The maximum absolute atomic E-state index is 12.6. The number of ether oxygens (including phenoxy) is 1. The van der Waals surface area contributed by atoms with Crippen LogP contribution >= 0.6 is 0 Å². The third-order valence-electron chi connectivity index (χ3n) is 3.41. The summed E-state index contributed by atoms with van der Waals surface area (Å²) in [7, 11) is 1.84. The Bertz CT molecular complexity index is 642. The largest absolute Gasteiger partial charge is 0.490 e. The normalized spacial score (nSPS) is 14.3. The molecule has 1 saturated carbocycles. The molecule has 0 aliphatic heterocycles. The van der Waals surface area contributed by atoms with Crippen molar-refractivity contribution in [3.8, 4) is 5.75 Å². The van der Waals surface area contributed by atoms with Gasteiger partial charge in [0.05, 0.1) is 17.4 Å². The zero-order chi connectivity index (χ0) is 14.1. The molecule has 0 atom stereocenters. The number of aromatic nitrogens is 2. The van der Waals surface area contributed by atoms with E-state index in [9.17, 15) is 4.79 Å². The number of rotatable bonds is 5. The lowest BCUT2D eigenvalue weighted by atomic mass is 10.0. The van der Waals surface area contributed by atoms with E-state index >= 15 is 0 Å². The minimum Gasteiger partial charge on any atom is -0.490 e. The molecule has 0 amide bonds. The van der Waals surface area contributed by atoms with E-state index < -0.39 is 0 Å². The second-order valence-electron chi connectivity index (χ2n) is 5.19. The quantitative estimate of drug-likeness (QED) is 0.785. The van der Waals surface area contributed by atoms with Crippen LogP contribution in [-0.4, -0.2) is 21.7 Å². The molecule has 20 heavy (non-hydrogen) atoms. The molecular weight excluding hydrogens is 252 g/mol. The van der Waals surface area contributed by atoms with E-state index in [0.29, 0.717) is 17.2 Å². The van der Waals surface area contributed by atoms with Crippen molar-refractivity contribution in [1.29, 1.82) is 0 Å². The van der Waals surface area contributed by atoms with Crippen LogP contribution in [0.25, 0.3) is 0 Å². The maximum atomic E-state index is 12.6. The number of carbonyl (C=O) groups is 1. The predicted octanol–water partition coefficient (Wildman–Crippen LogP) is 2.75. The van der Waals surface area contributed by atoms with Crippen LogP contribution in [0.1, 0.15) is 41.4 Å². The minimum atomic E-state index is 0.0104. The third-order valence-corrected chi connectivity index (χ3v) is 3.41. The van der Waals surface area contributed by atoms with Gasteiger partial charge in [0.2, 0.25) is 0 Å². The van der Waals surface area contributed by atoms with Gasteiger partial charge >= 0.3 is 0 Å². The number of ketones is 1. The van der Waals surface area contributed by atoms with Crippen LogP contribution in [0.2, 0.25) is 0 Å². The lowest BCUT2D eigenvalue weighted by Gasteiger charge is -2.06. The topological polar surface area (TPSA) is 44.1 Å². The minimum absolute atomic E-state index is 0.0104. The molecule has 1 aliphatic carbocycles. The number of hydrogen-bond acceptors (Lipinski definition) is 3. The zero-order valence-electron chi connectivity index (χ0n) is 11.8. The van der Waals surface area contributed by atoms with Crippen molar-refractivity contribution in [1.82, 2.24) is 9.78 Å². The highest BCUT2D eigenvalue weighted by Gasteiger charge is 2.24. The van der Waals surface area contributed by atoms with Crippen molar-refractivity contribution >= 4 is 5.78 Å². The molecule has 4 heteroatoms. The molecule has 0 spiro atoms. The van der Waals surface area contributed by atoms with Crippen LogP contribution < -0.4 is 4.74 Å². The molecule has 1 fully saturated rings. The van der Waals surface area contributed by atoms with Gasteiger partial charge in [0.25, 0.3) is 0 Å². The Balaban J connectivity index is 1.88. The Morgan fingerprint density at radius 3 is 2.95 bits per heavy atom. The van der Waals surface area contributed by atoms with E-state index in [1.807, 2.05) is 38.2 Å². The van der Waals surface area contributed by atoms with Crippen molar-refractivity contribution < 1.29 is 9.53 Å². The first-order valence-corrected chi connectivity index (χ1v) is 7.01. The van der Waals surface area contributed by atoms with Gasteiger partial charge in [-0.1, -0.05) is 19.1 Å². The molecule has 0 radical (unpaired) electrons. The number of hydrogen-bond donors (Lipinski definition) is 0. The Kier molecular flexibility index (Phi) is 3.30. The van der Waals surface area contributed by atoms with E-state index in [1.54, 1.807) is 10.9 Å². The summed E-state index contributed by atoms with van der Waals surface area (Å²) in [6.45, 7) is 2.01. The van der Waals surface area contributed by atoms with Crippen LogP contribution in [0, 0.1) is 0 Å². The SMILES string of the molecule is CCc1nn(C)cc1C(=O)c1cccc(OC2CC2)c1. The highest BCUT2D eigenvalue weighted by atomic mass is 16.5. The van der Waals surface area contributed by atoms with Crippen molar-refractivity contribution in [3.63, 3.8) is 0 Å². The average molecular weight is 270 g/mol. The molecular formula is C16H18N2O2. The van der Waals surface area contributed by atoms with Gasteiger partial charge in [0, 0.05) is 18.8 Å². The molecule has 4 nitrogen and oxygen atoms in total. The van der Waals surface area contributed by atoms with Gasteiger partial charge in [0.1, 0.15) is 5.75 Å². The summed E-state index contributed by atoms with van der Waals surface area (Å²) < 4.78 is 7.43. The highest BCUT2D eigenvalue weighted by molar-refractivity contribution is 6.09. The number of aryl methyl sites for hydroxylation is 2. The summed E-state index contributed by atoms with van der Waals surface area (Å²) in [4.78, 5) is 12.6. The summed E-state index contributed by atoms with van der Waals surface area (Å²) in [5.74, 6) is 0.788. The first-order valence-electron chi connectivity index (χ1n) is 7.01. The average Bonchev–Trinajstić information content (AvgIpc) is 3.18. The smallest absolute Gasteiger partial charge is 0.196 e. The molecule has 2 aromatic rings. The lowest BCUT2D eigenvalue weighted by Crippen LogP contribution is -2.04. The van der Waals surface area contributed by atoms with Gasteiger partial charge in [0.15, 0.2) is 5.78 Å². The third kappa shape index (κ3) is 2.59. The van der Waals surface area contributed by atoms with Crippen molar-refractivity contribution in [2.45, 2.75) is 32.3 Å². The highest BCUT2D eigenvalue weighted by Crippen LogP contribution is 2.27. The van der Waals surface area contributed by atoms with E-state index in [2.05, 4.69) is 5.10 Å². The predicted molar refractivity (Wildman–Crippen MR) is 76.1 cm³/mol. The van der Waals surface area contributed by atoms with Crippen molar-refractivity contribution in [2.24, 2.45) is 7.05 Å². The summed E-state index contributed by atoms with van der Waals surface area (Å²) in [5.41, 5.74) is 2.18. The van der Waals surface area contributed by atoms with E-state index in [4.69, 9.17) is 4.74 Å². The Morgan fingerprint density at radius 1 is 1.45 bits per heavy atom. The second-order valence-corrected chi connectivity index (χ2v) is 5.19. The van der Waals surface area contributed by atoms with Crippen molar-refractivity contribution in [3.05, 3.63) is 47.3 Å². The molecule has 0 bridgehead atoms.